The molecule has 0 bridgehead atoms. The van der Waals surface area contributed by atoms with Crippen LogP contribution in [0.25, 0.3) is 0 Å². The molecule has 0 radical (unpaired) electrons. The fraction of sp³-hybridized carbons (Fsp3) is 0.676. The van der Waals surface area contributed by atoms with Gasteiger partial charge < -0.3 is 20.3 Å². The standard InChI is InChI=1S/C37H62N4O5/c1-16-20-26(5)38-31(42)25(4)23-28(24(2)3)40(14)33(44)29(35(6,7)8)39-32(43)30(41(15)34(45)46-36(9,10)11)37(12,13)27-21-18-17-19-22-27/h17-19,21-24,26,28-30H,16,20H2,1-15H3,(H,38,42)(H,39,43)/b25-23+/t26-,28+,29+,30+/m0/s1. The number of carbonyl (C=O) groups excluding carboxylic acids is 4. The number of amides is 4. The highest BCUT2D eigenvalue weighted by molar-refractivity contribution is 5.94. The molecule has 4 atom stereocenters. The van der Waals surface area contributed by atoms with Crippen LogP contribution in [0.3, 0.4) is 0 Å². The van der Waals surface area contributed by atoms with Crippen molar-refractivity contribution < 1.29 is 23.9 Å². The molecule has 0 aliphatic carbocycles. The van der Waals surface area contributed by atoms with E-state index in [4.69, 9.17) is 4.74 Å². The van der Waals surface area contributed by atoms with Crippen LogP contribution < -0.4 is 10.6 Å². The van der Waals surface area contributed by atoms with E-state index in [1.807, 2.05) is 91.8 Å². The molecule has 0 saturated carbocycles. The molecule has 9 heteroatoms. The van der Waals surface area contributed by atoms with Crippen LogP contribution in [0.15, 0.2) is 42.0 Å². The molecule has 46 heavy (non-hydrogen) atoms. The third kappa shape index (κ3) is 11.5. The molecule has 0 fully saturated rings. The first-order chi connectivity index (χ1) is 20.9. The molecule has 260 valence electrons. The van der Waals surface area contributed by atoms with E-state index in [0.717, 1.165) is 18.4 Å². The largest absolute Gasteiger partial charge is 0.444 e. The predicted molar refractivity (Wildman–Crippen MR) is 186 cm³/mol. The second-order valence-corrected chi connectivity index (χ2v) is 15.6. The summed E-state index contributed by atoms with van der Waals surface area (Å²) in [7, 11) is 3.26. The number of benzene rings is 1. The van der Waals surface area contributed by atoms with Crippen molar-refractivity contribution in [3.05, 3.63) is 47.5 Å². The summed E-state index contributed by atoms with van der Waals surface area (Å²) >= 11 is 0. The van der Waals surface area contributed by atoms with Crippen LogP contribution in [-0.4, -0.2) is 77.5 Å². The number of ether oxygens (including phenoxy) is 1. The fourth-order valence-corrected chi connectivity index (χ4v) is 5.60. The van der Waals surface area contributed by atoms with Crippen LogP contribution in [0, 0.1) is 11.3 Å². The lowest BCUT2D eigenvalue weighted by molar-refractivity contribution is -0.141. The summed E-state index contributed by atoms with van der Waals surface area (Å²) in [6.45, 7) is 24.6. The molecule has 1 aromatic rings. The van der Waals surface area contributed by atoms with E-state index in [9.17, 15) is 19.2 Å². The van der Waals surface area contributed by atoms with Gasteiger partial charge in [0.25, 0.3) is 0 Å². The number of nitrogens with one attached hydrogen (secondary N) is 2. The zero-order valence-corrected chi connectivity index (χ0v) is 31.2. The Balaban J connectivity index is 3.54. The molecule has 1 aromatic carbocycles. The number of carbonyl (C=O) groups is 4. The molecule has 0 spiro atoms. The number of hydrogen-bond acceptors (Lipinski definition) is 5. The Bertz CT molecular complexity index is 1210. The minimum atomic E-state index is -1.01. The van der Waals surface area contributed by atoms with Gasteiger partial charge in [-0.15, -0.1) is 0 Å². The van der Waals surface area contributed by atoms with Gasteiger partial charge in [-0.1, -0.05) is 98.2 Å². The van der Waals surface area contributed by atoms with E-state index in [1.165, 1.54) is 4.90 Å². The molecule has 4 amide bonds. The van der Waals surface area contributed by atoms with Crippen molar-refractivity contribution in [3.63, 3.8) is 0 Å². The summed E-state index contributed by atoms with van der Waals surface area (Å²) in [6.07, 6.45) is 3.03. The maximum Gasteiger partial charge on any atom is 0.410 e. The molecule has 0 aliphatic heterocycles. The quantitative estimate of drug-likeness (QED) is 0.240. The Morgan fingerprint density at radius 1 is 0.870 bits per heavy atom. The molecule has 0 saturated heterocycles. The average molecular weight is 643 g/mol. The van der Waals surface area contributed by atoms with Gasteiger partial charge in [-0.3, -0.25) is 19.3 Å². The Morgan fingerprint density at radius 3 is 1.87 bits per heavy atom. The van der Waals surface area contributed by atoms with E-state index >= 15 is 0 Å². The summed E-state index contributed by atoms with van der Waals surface area (Å²) in [4.78, 5) is 57.9. The summed E-state index contributed by atoms with van der Waals surface area (Å²) in [5.74, 6) is -0.936. The molecule has 0 aliphatic rings. The van der Waals surface area contributed by atoms with Crippen molar-refractivity contribution in [1.29, 1.82) is 0 Å². The molecule has 1 rings (SSSR count). The monoisotopic (exact) mass is 642 g/mol. The van der Waals surface area contributed by atoms with Gasteiger partial charge in [0.2, 0.25) is 17.7 Å². The summed E-state index contributed by atoms with van der Waals surface area (Å²) in [5, 5.41) is 6.07. The Kier molecular flexibility index (Phi) is 14.5. The topological polar surface area (TPSA) is 108 Å². The van der Waals surface area contributed by atoms with Crippen LogP contribution in [0.2, 0.25) is 0 Å². The van der Waals surface area contributed by atoms with Gasteiger partial charge in [0, 0.05) is 31.1 Å². The maximum absolute atomic E-state index is 14.4. The van der Waals surface area contributed by atoms with E-state index in [2.05, 4.69) is 17.6 Å². The zero-order chi connectivity index (χ0) is 35.8. The van der Waals surface area contributed by atoms with Gasteiger partial charge in [-0.2, -0.15) is 0 Å². The van der Waals surface area contributed by atoms with Crippen molar-refractivity contribution in [3.8, 4) is 0 Å². The Hall–Kier alpha value is -3.36. The third-order valence-corrected chi connectivity index (χ3v) is 8.27. The maximum atomic E-state index is 14.4. The Morgan fingerprint density at radius 2 is 1.41 bits per heavy atom. The minimum Gasteiger partial charge on any atom is -0.444 e. The second kappa shape index (κ2) is 16.5. The smallest absolute Gasteiger partial charge is 0.410 e. The van der Waals surface area contributed by atoms with Gasteiger partial charge >= 0.3 is 6.09 Å². The number of hydrogen-bond donors (Lipinski definition) is 2. The van der Waals surface area contributed by atoms with E-state index in [-0.39, 0.29) is 23.8 Å². The van der Waals surface area contributed by atoms with Crippen LogP contribution in [-0.2, 0) is 24.5 Å². The molecular weight excluding hydrogens is 580 g/mol. The van der Waals surface area contributed by atoms with Gasteiger partial charge in [-0.25, -0.2) is 4.79 Å². The van der Waals surface area contributed by atoms with Crippen molar-refractivity contribution in [2.24, 2.45) is 11.3 Å². The SMILES string of the molecule is CCC[C@H](C)NC(=O)/C(C)=C/[C@H](C(C)C)N(C)C(=O)[C@@H](NC(=O)[C@@H](N(C)C(=O)OC(C)(C)C)C(C)(C)c1ccccc1)C(C)(C)C. The van der Waals surface area contributed by atoms with E-state index in [1.54, 1.807) is 46.7 Å². The zero-order valence-electron chi connectivity index (χ0n) is 31.2. The highest BCUT2D eigenvalue weighted by Crippen LogP contribution is 2.32. The Labute approximate surface area is 278 Å². The summed E-state index contributed by atoms with van der Waals surface area (Å²) < 4.78 is 5.66. The molecule has 9 nitrogen and oxygen atoms in total. The van der Waals surface area contributed by atoms with Gasteiger partial charge in [-0.05, 0) is 57.9 Å². The average Bonchev–Trinajstić information content (AvgIpc) is 2.92. The third-order valence-electron chi connectivity index (χ3n) is 8.27. The highest BCUT2D eigenvalue weighted by atomic mass is 16.6. The summed E-state index contributed by atoms with van der Waals surface area (Å²) in [6, 6.07) is 7.23. The normalized spacial score (nSPS) is 15.3. The van der Waals surface area contributed by atoms with E-state index in [0.29, 0.717) is 5.57 Å². The van der Waals surface area contributed by atoms with Crippen LogP contribution in [0.1, 0.15) is 108 Å². The molecule has 0 heterocycles. The first kappa shape index (κ1) is 40.7. The molecule has 0 aromatic heterocycles. The van der Waals surface area contributed by atoms with Crippen molar-refractivity contribution in [2.75, 3.05) is 14.1 Å². The number of nitrogens with zero attached hydrogens (tertiary/aromatic N) is 2. The lowest BCUT2D eigenvalue weighted by Gasteiger charge is -2.42. The fourth-order valence-electron chi connectivity index (χ4n) is 5.60. The molecule has 0 unspecified atom stereocenters. The van der Waals surface area contributed by atoms with Gasteiger partial charge in [0.15, 0.2) is 0 Å². The van der Waals surface area contributed by atoms with Crippen LogP contribution in [0.4, 0.5) is 4.79 Å². The molecular formula is C37H62N4O5. The lowest BCUT2D eigenvalue weighted by Crippen LogP contribution is -2.63. The first-order valence-electron chi connectivity index (χ1n) is 16.5. The van der Waals surface area contributed by atoms with Crippen molar-refractivity contribution >= 4 is 23.8 Å². The predicted octanol–water partition coefficient (Wildman–Crippen LogP) is 6.46. The van der Waals surface area contributed by atoms with Crippen molar-refractivity contribution in [2.45, 2.75) is 138 Å². The molecule has 2 N–H and O–H groups in total. The second-order valence-electron chi connectivity index (χ2n) is 15.6. The van der Waals surface area contributed by atoms with Crippen LogP contribution >= 0.6 is 0 Å². The minimum absolute atomic E-state index is 0.0100. The number of rotatable bonds is 13. The first-order valence-corrected chi connectivity index (χ1v) is 16.5. The highest BCUT2D eigenvalue weighted by Gasteiger charge is 2.45. The van der Waals surface area contributed by atoms with Crippen LogP contribution in [0.5, 0.6) is 0 Å². The van der Waals surface area contributed by atoms with E-state index < -0.39 is 46.6 Å². The summed E-state index contributed by atoms with van der Waals surface area (Å²) in [5.41, 5.74) is -0.912. The lowest BCUT2D eigenvalue weighted by atomic mass is 9.76. The van der Waals surface area contributed by atoms with Gasteiger partial charge in [0.1, 0.15) is 17.7 Å². The van der Waals surface area contributed by atoms with Crippen molar-refractivity contribution in [1.82, 2.24) is 20.4 Å². The number of likely N-dealkylation sites (N-methyl/N-ethyl adjacent to an activating group) is 2. The van der Waals surface area contributed by atoms with Gasteiger partial charge in [0.05, 0.1) is 6.04 Å².